The summed E-state index contributed by atoms with van der Waals surface area (Å²) in [5.41, 5.74) is 2.57. The molecule has 0 amide bonds. The molecule has 0 bridgehead atoms. The minimum atomic E-state index is 0.391. The van der Waals surface area contributed by atoms with Gasteiger partial charge in [0, 0.05) is 5.56 Å². The molecular formula is C12H9ClN4. The number of hydrogen-bond acceptors (Lipinski definition) is 3. The number of nitrogens with zero attached hydrogens (tertiary/aromatic N) is 4. The van der Waals surface area contributed by atoms with Crippen molar-refractivity contribution in [2.45, 2.75) is 6.92 Å². The Balaban J connectivity index is 2.21. The lowest BCUT2D eigenvalue weighted by atomic mass is 10.2. The van der Waals surface area contributed by atoms with Crippen LogP contribution in [0.2, 0.25) is 5.15 Å². The van der Waals surface area contributed by atoms with E-state index in [1.165, 1.54) is 0 Å². The fourth-order valence-corrected chi connectivity index (χ4v) is 1.74. The van der Waals surface area contributed by atoms with E-state index in [1.54, 1.807) is 4.52 Å². The molecule has 1 aromatic carbocycles. The second kappa shape index (κ2) is 3.82. The average Bonchev–Trinajstić information content (AvgIpc) is 2.74. The van der Waals surface area contributed by atoms with E-state index in [2.05, 4.69) is 15.1 Å². The van der Waals surface area contributed by atoms with Crippen molar-refractivity contribution in [1.29, 1.82) is 0 Å². The topological polar surface area (TPSA) is 43.1 Å². The van der Waals surface area contributed by atoms with Crippen molar-refractivity contribution < 1.29 is 0 Å². The second-order valence-corrected chi connectivity index (χ2v) is 4.08. The number of aryl methyl sites for hydroxylation is 1. The molecule has 2 aromatic heterocycles. The maximum absolute atomic E-state index is 5.92. The molecular weight excluding hydrogens is 236 g/mol. The molecule has 3 rings (SSSR count). The third kappa shape index (κ3) is 1.76. The van der Waals surface area contributed by atoms with E-state index in [1.807, 2.05) is 43.5 Å². The first-order valence-corrected chi connectivity index (χ1v) is 5.57. The Kier molecular flexibility index (Phi) is 2.30. The van der Waals surface area contributed by atoms with Crippen LogP contribution in [0.1, 0.15) is 5.69 Å². The van der Waals surface area contributed by atoms with E-state index in [0.29, 0.717) is 16.6 Å². The Morgan fingerprint density at radius 3 is 2.65 bits per heavy atom. The van der Waals surface area contributed by atoms with Crippen LogP contribution in [0.5, 0.6) is 0 Å². The van der Waals surface area contributed by atoms with Crippen LogP contribution >= 0.6 is 11.6 Å². The van der Waals surface area contributed by atoms with Gasteiger partial charge in [0.25, 0.3) is 5.78 Å². The maximum Gasteiger partial charge on any atom is 0.252 e. The summed E-state index contributed by atoms with van der Waals surface area (Å²) in [7, 11) is 0. The fourth-order valence-electron chi connectivity index (χ4n) is 1.63. The minimum absolute atomic E-state index is 0.391. The highest BCUT2D eigenvalue weighted by Crippen LogP contribution is 2.18. The predicted octanol–water partition coefficient (Wildman–Crippen LogP) is 2.75. The van der Waals surface area contributed by atoms with Gasteiger partial charge in [-0.25, -0.2) is 9.50 Å². The summed E-state index contributed by atoms with van der Waals surface area (Å²) in [6.45, 7) is 1.82. The third-order valence-electron chi connectivity index (χ3n) is 2.49. The van der Waals surface area contributed by atoms with Gasteiger partial charge in [-0.2, -0.15) is 10.1 Å². The molecule has 2 heterocycles. The smallest absolute Gasteiger partial charge is 0.209 e. The molecule has 5 heteroatoms. The molecule has 17 heavy (non-hydrogen) atoms. The number of aromatic nitrogens is 4. The van der Waals surface area contributed by atoms with Gasteiger partial charge in [-0.3, -0.25) is 0 Å². The standard InChI is InChI=1S/C12H9ClN4/c1-8-11(13)15-12-14-10(7-17(12)16-8)9-5-3-2-4-6-9/h2-7H,1H3. The number of imidazole rings is 1. The molecule has 0 atom stereocenters. The van der Waals surface area contributed by atoms with E-state index in [4.69, 9.17) is 11.6 Å². The fraction of sp³-hybridized carbons (Fsp3) is 0.0833. The van der Waals surface area contributed by atoms with E-state index >= 15 is 0 Å². The maximum atomic E-state index is 5.92. The first kappa shape index (κ1) is 10.2. The molecule has 0 aliphatic heterocycles. The van der Waals surface area contributed by atoms with Gasteiger partial charge < -0.3 is 0 Å². The average molecular weight is 245 g/mol. The van der Waals surface area contributed by atoms with Crippen molar-refractivity contribution in [3.63, 3.8) is 0 Å². The van der Waals surface area contributed by atoms with Crippen molar-refractivity contribution in [3.8, 4) is 11.3 Å². The van der Waals surface area contributed by atoms with Gasteiger partial charge in [0.2, 0.25) is 0 Å². The van der Waals surface area contributed by atoms with Crippen molar-refractivity contribution >= 4 is 17.4 Å². The number of fused-ring (bicyclic) bond motifs is 1. The first-order chi connectivity index (χ1) is 8.24. The highest BCUT2D eigenvalue weighted by molar-refractivity contribution is 6.30. The summed E-state index contributed by atoms with van der Waals surface area (Å²) in [6, 6.07) is 9.90. The summed E-state index contributed by atoms with van der Waals surface area (Å²) < 4.78 is 1.64. The third-order valence-corrected chi connectivity index (χ3v) is 2.85. The lowest BCUT2D eigenvalue weighted by molar-refractivity contribution is 0.869. The molecule has 0 aliphatic rings. The largest absolute Gasteiger partial charge is 0.252 e. The summed E-state index contributed by atoms with van der Waals surface area (Å²) in [5, 5.41) is 4.67. The van der Waals surface area contributed by atoms with Crippen LogP contribution in [0.15, 0.2) is 36.5 Å². The number of hydrogen-bond donors (Lipinski definition) is 0. The number of halogens is 1. The molecule has 84 valence electrons. The van der Waals surface area contributed by atoms with E-state index in [0.717, 1.165) is 11.3 Å². The molecule has 0 saturated carbocycles. The zero-order chi connectivity index (χ0) is 11.8. The van der Waals surface area contributed by atoms with E-state index in [9.17, 15) is 0 Å². The predicted molar refractivity (Wildman–Crippen MR) is 66.0 cm³/mol. The Hall–Kier alpha value is -1.94. The van der Waals surface area contributed by atoms with E-state index in [-0.39, 0.29) is 0 Å². The zero-order valence-corrected chi connectivity index (χ0v) is 9.89. The second-order valence-electron chi connectivity index (χ2n) is 3.72. The van der Waals surface area contributed by atoms with Crippen molar-refractivity contribution in [2.75, 3.05) is 0 Å². The Labute approximate surface area is 103 Å². The summed E-state index contributed by atoms with van der Waals surface area (Å²) >= 11 is 5.92. The summed E-state index contributed by atoms with van der Waals surface area (Å²) in [6.07, 6.45) is 1.85. The van der Waals surface area contributed by atoms with Gasteiger partial charge in [0.05, 0.1) is 17.6 Å². The highest BCUT2D eigenvalue weighted by atomic mass is 35.5. The Morgan fingerprint density at radius 2 is 1.88 bits per heavy atom. The normalized spacial score (nSPS) is 10.9. The molecule has 0 fully saturated rings. The SMILES string of the molecule is Cc1nn2cc(-c3ccccc3)nc2nc1Cl. The molecule has 0 aliphatic carbocycles. The highest BCUT2D eigenvalue weighted by Gasteiger charge is 2.08. The van der Waals surface area contributed by atoms with Gasteiger partial charge in [0.15, 0.2) is 5.15 Å². The van der Waals surface area contributed by atoms with Gasteiger partial charge in [0.1, 0.15) is 0 Å². The minimum Gasteiger partial charge on any atom is -0.209 e. The monoisotopic (exact) mass is 244 g/mol. The van der Waals surface area contributed by atoms with Crippen LogP contribution in [0.4, 0.5) is 0 Å². The Morgan fingerprint density at radius 1 is 1.12 bits per heavy atom. The van der Waals surface area contributed by atoms with Crippen LogP contribution in [0, 0.1) is 6.92 Å². The molecule has 0 spiro atoms. The van der Waals surface area contributed by atoms with Gasteiger partial charge in [-0.15, -0.1) is 0 Å². The molecule has 0 radical (unpaired) electrons. The van der Waals surface area contributed by atoms with Gasteiger partial charge in [-0.1, -0.05) is 41.9 Å². The first-order valence-electron chi connectivity index (χ1n) is 5.19. The quantitative estimate of drug-likeness (QED) is 0.661. The zero-order valence-electron chi connectivity index (χ0n) is 9.13. The summed E-state index contributed by atoms with van der Waals surface area (Å²) in [4.78, 5) is 8.57. The van der Waals surface area contributed by atoms with Gasteiger partial charge >= 0.3 is 0 Å². The molecule has 3 aromatic rings. The van der Waals surface area contributed by atoms with Crippen LogP contribution < -0.4 is 0 Å². The van der Waals surface area contributed by atoms with Crippen LogP contribution in [0.25, 0.3) is 17.0 Å². The van der Waals surface area contributed by atoms with Crippen LogP contribution in [0.3, 0.4) is 0 Å². The van der Waals surface area contributed by atoms with Crippen molar-refractivity contribution in [1.82, 2.24) is 19.6 Å². The molecule has 0 N–H and O–H groups in total. The molecule has 4 nitrogen and oxygen atoms in total. The molecule has 0 unspecified atom stereocenters. The summed E-state index contributed by atoms with van der Waals surface area (Å²) in [5.74, 6) is 0.513. The molecule has 0 saturated heterocycles. The van der Waals surface area contributed by atoms with Crippen molar-refractivity contribution in [3.05, 3.63) is 47.4 Å². The van der Waals surface area contributed by atoms with Gasteiger partial charge in [-0.05, 0) is 6.92 Å². The van der Waals surface area contributed by atoms with Crippen LogP contribution in [-0.2, 0) is 0 Å². The number of benzene rings is 1. The lowest BCUT2D eigenvalue weighted by Crippen LogP contribution is -1.97. The number of rotatable bonds is 1. The van der Waals surface area contributed by atoms with E-state index < -0.39 is 0 Å². The lowest BCUT2D eigenvalue weighted by Gasteiger charge is -1.95. The van der Waals surface area contributed by atoms with Crippen molar-refractivity contribution in [2.24, 2.45) is 0 Å². The Bertz CT molecular complexity index is 637. The van der Waals surface area contributed by atoms with Crippen LogP contribution in [-0.4, -0.2) is 19.6 Å².